The number of rotatable bonds is 8. The van der Waals surface area contributed by atoms with Gasteiger partial charge in [-0.25, -0.2) is 9.59 Å². The van der Waals surface area contributed by atoms with Crippen molar-refractivity contribution >= 4 is 23.5 Å². The molecule has 184 valence electrons. The zero-order valence-corrected chi connectivity index (χ0v) is 19.0. The van der Waals surface area contributed by atoms with Gasteiger partial charge in [0.05, 0.1) is 0 Å². The Balaban J connectivity index is 1.91. The maximum Gasteiger partial charge on any atom is 0.347 e. The van der Waals surface area contributed by atoms with Crippen LogP contribution in [-0.4, -0.2) is 73.8 Å². The van der Waals surface area contributed by atoms with Gasteiger partial charge in [-0.15, -0.1) is 0 Å². The minimum absolute atomic E-state index is 0.282. The Morgan fingerprint density at radius 2 is 1.44 bits per heavy atom. The van der Waals surface area contributed by atoms with Gasteiger partial charge in [-0.2, -0.15) is 0 Å². The number of aliphatic carboxylic acids is 2. The van der Waals surface area contributed by atoms with E-state index in [0.29, 0.717) is 16.1 Å². The fourth-order valence-electron chi connectivity index (χ4n) is 3.33. The average molecular weight is 497 g/mol. The van der Waals surface area contributed by atoms with Crippen LogP contribution < -0.4 is 4.74 Å². The van der Waals surface area contributed by atoms with Gasteiger partial charge in [-0.3, -0.25) is 0 Å². The van der Waals surface area contributed by atoms with Crippen LogP contribution in [0.25, 0.3) is 0 Å². The fraction of sp³-hybridized carbons (Fsp3) is 0.391. The molecule has 2 aromatic carbocycles. The molecule has 5 N–H and O–H groups in total. The van der Waals surface area contributed by atoms with E-state index in [9.17, 15) is 35.1 Å². The summed E-state index contributed by atoms with van der Waals surface area (Å²) in [6.07, 6.45) is -9.74. The Labute approximate surface area is 199 Å². The number of hydrogen-bond donors (Lipinski definition) is 5. The molecule has 1 aliphatic rings. The first kappa shape index (κ1) is 25.9. The summed E-state index contributed by atoms with van der Waals surface area (Å²) >= 11 is 5.98. The number of carboxylic acid groups (broad SMARTS) is 2. The molecule has 1 aliphatic heterocycles. The van der Waals surface area contributed by atoms with E-state index in [1.54, 1.807) is 36.4 Å². The summed E-state index contributed by atoms with van der Waals surface area (Å²) in [4.78, 5) is 22.7. The van der Waals surface area contributed by atoms with Crippen LogP contribution in [0.4, 0.5) is 0 Å². The molecule has 0 bridgehead atoms. The van der Waals surface area contributed by atoms with Gasteiger partial charge in [0, 0.05) is 5.02 Å². The van der Waals surface area contributed by atoms with E-state index >= 15 is 0 Å². The van der Waals surface area contributed by atoms with Gasteiger partial charge in [0.25, 0.3) is 0 Å². The monoisotopic (exact) mass is 496 g/mol. The van der Waals surface area contributed by atoms with Gasteiger partial charge >= 0.3 is 11.9 Å². The van der Waals surface area contributed by atoms with Crippen molar-refractivity contribution in [3.05, 3.63) is 64.7 Å². The van der Waals surface area contributed by atoms with Crippen molar-refractivity contribution in [2.75, 3.05) is 0 Å². The van der Waals surface area contributed by atoms with Crippen molar-refractivity contribution in [3.8, 4) is 5.75 Å². The molecule has 3 rings (SSSR count). The van der Waals surface area contributed by atoms with Gasteiger partial charge in [0.1, 0.15) is 30.2 Å². The summed E-state index contributed by atoms with van der Waals surface area (Å²) in [7, 11) is 0. The summed E-state index contributed by atoms with van der Waals surface area (Å²) in [6.45, 7) is 2.81. The fourth-order valence-corrected chi connectivity index (χ4v) is 3.46. The molecule has 0 amide bonds. The number of benzene rings is 2. The molecule has 1 saturated heterocycles. The Hall–Kier alpha value is -2.73. The van der Waals surface area contributed by atoms with Crippen LogP contribution in [0.2, 0.25) is 5.02 Å². The van der Waals surface area contributed by atoms with Crippen LogP contribution in [-0.2, 0) is 19.1 Å². The third-order valence-electron chi connectivity index (χ3n) is 5.33. The van der Waals surface area contributed by atoms with Crippen LogP contribution in [0.3, 0.4) is 0 Å². The van der Waals surface area contributed by atoms with Gasteiger partial charge in [0.2, 0.25) is 0 Å². The van der Waals surface area contributed by atoms with Gasteiger partial charge < -0.3 is 39.7 Å². The third kappa shape index (κ3) is 5.66. The lowest BCUT2D eigenvalue weighted by molar-refractivity contribution is -0.302. The number of aliphatic hydroxyl groups excluding tert-OH is 3. The molecule has 0 aliphatic carbocycles. The molecule has 34 heavy (non-hydrogen) atoms. The molecule has 10 nitrogen and oxygen atoms in total. The second-order valence-electron chi connectivity index (χ2n) is 8.29. The van der Waals surface area contributed by atoms with Crippen molar-refractivity contribution in [3.63, 3.8) is 0 Å². The number of ether oxygens (including phenoxy) is 3. The molecule has 2 aromatic rings. The molecule has 0 saturated carbocycles. The first-order chi connectivity index (χ1) is 15.9. The second kappa shape index (κ2) is 10.3. The first-order valence-corrected chi connectivity index (χ1v) is 10.6. The number of halogens is 1. The molecule has 11 heteroatoms. The summed E-state index contributed by atoms with van der Waals surface area (Å²) in [5.74, 6) is -2.39. The van der Waals surface area contributed by atoms with Crippen LogP contribution in [0.15, 0.2) is 48.5 Å². The zero-order valence-electron chi connectivity index (χ0n) is 18.2. The van der Waals surface area contributed by atoms with Crippen molar-refractivity contribution < 1.29 is 49.3 Å². The lowest BCUT2D eigenvalue weighted by Gasteiger charge is -2.40. The summed E-state index contributed by atoms with van der Waals surface area (Å²) in [5.41, 5.74) is -0.380. The van der Waals surface area contributed by atoms with E-state index in [1.165, 1.54) is 26.0 Å². The quantitative estimate of drug-likeness (QED) is 0.362. The van der Waals surface area contributed by atoms with Crippen molar-refractivity contribution in [2.24, 2.45) is 0 Å². The van der Waals surface area contributed by atoms with Gasteiger partial charge in [-0.1, -0.05) is 35.9 Å². The highest BCUT2D eigenvalue weighted by atomic mass is 35.5. The summed E-state index contributed by atoms with van der Waals surface area (Å²) < 4.78 is 16.7. The van der Waals surface area contributed by atoms with Crippen LogP contribution in [0.5, 0.6) is 5.75 Å². The number of carboxylic acids is 2. The molecule has 0 radical (unpaired) electrons. The number of carbonyl (C=O) groups is 2. The highest BCUT2D eigenvalue weighted by molar-refractivity contribution is 6.30. The molecular weight excluding hydrogens is 472 g/mol. The molecule has 4 unspecified atom stereocenters. The third-order valence-corrected chi connectivity index (χ3v) is 5.58. The van der Waals surface area contributed by atoms with E-state index in [1.807, 2.05) is 0 Å². The Morgan fingerprint density at radius 1 is 0.912 bits per heavy atom. The highest BCUT2D eigenvalue weighted by Gasteiger charge is 2.48. The predicted molar refractivity (Wildman–Crippen MR) is 117 cm³/mol. The molecule has 1 heterocycles. The van der Waals surface area contributed by atoms with Crippen molar-refractivity contribution in [2.45, 2.75) is 56.3 Å². The normalized spacial score (nSPS) is 26.0. The van der Waals surface area contributed by atoms with Gasteiger partial charge in [0.15, 0.2) is 18.0 Å². The van der Waals surface area contributed by atoms with Crippen LogP contribution in [0.1, 0.15) is 31.1 Å². The Bertz CT molecular complexity index is 1010. The van der Waals surface area contributed by atoms with E-state index in [0.717, 1.165) is 0 Å². The van der Waals surface area contributed by atoms with E-state index in [4.69, 9.17) is 25.8 Å². The molecular formula is C23H25ClO10. The van der Waals surface area contributed by atoms with Crippen molar-refractivity contribution in [1.82, 2.24) is 0 Å². The first-order valence-electron chi connectivity index (χ1n) is 10.3. The molecule has 0 aromatic heterocycles. The second-order valence-corrected chi connectivity index (χ2v) is 8.73. The highest BCUT2D eigenvalue weighted by Crippen LogP contribution is 2.33. The van der Waals surface area contributed by atoms with E-state index in [2.05, 4.69) is 0 Å². The summed E-state index contributed by atoms with van der Waals surface area (Å²) in [5, 5.41) is 49.4. The molecule has 6 atom stereocenters. The number of aliphatic hydroxyl groups is 3. The molecule has 1 fully saturated rings. The van der Waals surface area contributed by atoms with E-state index in [-0.39, 0.29) is 5.75 Å². The van der Waals surface area contributed by atoms with E-state index < -0.39 is 54.3 Å². The predicted octanol–water partition coefficient (Wildman–Crippen LogP) is 1.58. The lowest BCUT2D eigenvalue weighted by Crippen LogP contribution is -2.60. The standard InChI is InChI=1S/C23H25ClO10/c1-23(2,22(30)31)34-14-9-5-12(6-10-14)18(11-3-7-13(24)8-4-11)32-21-17(27)15(25)16(26)19(33-21)20(28)29/h3-10,15-19,21,25-27H,1-2H3,(H,28,29)(H,30,31)/t15?,16-,17?,18?,19?,21+/m1/s1. The SMILES string of the molecule is CC(C)(Oc1ccc(C(O[C@H]2OC(C(=O)O)[C@H](O)C(O)C2O)c2ccc(Cl)cc2)cc1)C(=O)O. The minimum Gasteiger partial charge on any atom is -0.479 e. The minimum atomic E-state index is -1.85. The smallest absolute Gasteiger partial charge is 0.347 e. The van der Waals surface area contributed by atoms with Crippen LogP contribution in [0, 0.1) is 0 Å². The number of hydrogen-bond acceptors (Lipinski definition) is 8. The topological polar surface area (TPSA) is 163 Å². The Morgan fingerprint density at radius 3 is 1.94 bits per heavy atom. The Kier molecular flexibility index (Phi) is 7.81. The summed E-state index contributed by atoms with van der Waals surface area (Å²) in [6, 6.07) is 12.8. The van der Waals surface area contributed by atoms with Gasteiger partial charge in [-0.05, 0) is 49.2 Å². The average Bonchev–Trinajstić information content (AvgIpc) is 2.78. The lowest BCUT2D eigenvalue weighted by atomic mass is 9.97. The van der Waals surface area contributed by atoms with Crippen LogP contribution >= 0.6 is 11.6 Å². The maximum absolute atomic E-state index is 11.4. The maximum atomic E-state index is 11.4. The molecule has 0 spiro atoms. The van der Waals surface area contributed by atoms with Crippen molar-refractivity contribution in [1.29, 1.82) is 0 Å². The largest absolute Gasteiger partial charge is 0.479 e. The zero-order chi connectivity index (χ0) is 25.2.